The minimum absolute atomic E-state index is 0.0104. The molecule has 1 aromatic carbocycles. The first-order chi connectivity index (χ1) is 9.16. The minimum Gasteiger partial charge on any atom is -0.380 e. The molecule has 0 aliphatic carbocycles. The van der Waals surface area contributed by atoms with E-state index in [4.69, 9.17) is 4.74 Å². The number of imidazole rings is 1. The molecule has 0 unspecified atom stereocenters. The van der Waals surface area contributed by atoms with Crippen LogP contribution in [0.15, 0.2) is 30.6 Å². The van der Waals surface area contributed by atoms with Crippen molar-refractivity contribution in [2.45, 2.75) is 13.5 Å². The molecule has 1 fully saturated rings. The lowest BCUT2D eigenvalue weighted by Gasteiger charge is -2.38. The lowest BCUT2D eigenvalue weighted by Crippen LogP contribution is -2.49. The molecule has 0 radical (unpaired) electrons. The van der Waals surface area contributed by atoms with E-state index in [0.29, 0.717) is 13.1 Å². The Bertz CT molecular complexity index is 602. The predicted octanol–water partition coefficient (Wildman–Crippen LogP) is 1.19. The van der Waals surface area contributed by atoms with Crippen molar-refractivity contribution in [1.29, 1.82) is 0 Å². The van der Waals surface area contributed by atoms with Gasteiger partial charge in [-0.3, -0.25) is 4.79 Å². The van der Waals surface area contributed by atoms with Gasteiger partial charge in [-0.25, -0.2) is 4.98 Å². The maximum Gasteiger partial charge on any atom is 0.240 e. The molecule has 0 saturated carbocycles. The van der Waals surface area contributed by atoms with Crippen LogP contribution in [0.5, 0.6) is 0 Å². The summed E-state index contributed by atoms with van der Waals surface area (Å²) in [6.07, 6.45) is 1.71. The zero-order valence-electron chi connectivity index (χ0n) is 10.9. The fraction of sp³-hybridized carbons (Fsp3) is 0.429. The monoisotopic (exact) mass is 259 g/mol. The van der Waals surface area contributed by atoms with Crippen molar-refractivity contribution in [2.24, 2.45) is 5.41 Å². The molecule has 2 aromatic rings. The summed E-state index contributed by atoms with van der Waals surface area (Å²) < 4.78 is 7.03. The Morgan fingerprint density at radius 1 is 1.47 bits per heavy atom. The van der Waals surface area contributed by atoms with Crippen LogP contribution >= 0.6 is 0 Å². The third kappa shape index (κ3) is 2.46. The second-order valence-corrected chi connectivity index (χ2v) is 5.44. The highest BCUT2D eigenvalue weighted by atomic mass is 16.5. The van der Waals surface area contributed by atoms with E-state index in [1.807, 2.05) is 28.8 Å². The fourth-order valence-electron chi connectivity index (χ4n) is 2.21. The molecule has 1 N–H and O–H groups in total. The summed E-state index contributed by atoms with van der Waals surface area (Å²) in [5, 5.41) is 2.96. The number of hydrogen-bond acceptors (Lipinski definition) is 3. The molecule has 0 spiro atoms. The first kappa shape index (κ1) is 12.2. The number of benzene rings is 1. The number of hydrogen-bond donors (Lipinski definition) is 1. The second kappa shape index (κ2) is 4.66. The third-order valence-electron chi connectivity index (χ3n) is 3.45. The van der Waals surface area contributed by atoms with Gasteiger partial charge in [0.25, 0.3) is 0 Å². The highest BCUT2D eigenvalue weighted by Crippen LogP contribution is 2.25. The van der Waals surface area contributed by atoms with Gasteiger partial charge < -0.3 is 14.6 Å². The van der Waals surface area contributed by atoms with Crippen LogP contribution in [-0.2, 0) is 16.1 Å². The van der Waals surface area contributed by atoms with Crippen molar-refractivity contribution in [2.75, 3.05) is 19.8 Å². The number of ether oxygens (including phenoxy) is 1. The molecular formula is C14H17N3O2. The molecule has 2 heterocycles. The quantitative estimate of drug-likeness (QED) is 0.897. The Morgan fingerprint density at radius 3 is 3.00 bits per heavy atom. The van der Waals surface area contributed by atoms with Gasteiger partial charge in [0, 0.05) is 12.0 Å². The van der Waals surface area contributed by atoms with E-state index >= 15 is 0 Å². The minimum atomic E-state index is 0.0104. The van der Waals surface area contributed by atoms with Gasteiger partial charge in [0.2, 0.25) is 5.91 Å². The Hall–Kier alpha value is -1.88. The predicted molar refractivity (Wildman–Crippen MR) is 71.7 cm³/mol. The van der Waals surface area contributed by atoms with Gasteiger partial charge in [0.1, 0.15) is 6.54 Å². The van der Waals surface area contributed by atoms with Crippen molar-refractivity contribution < 1.29 is 9.53 Å². The highest BCUT2D eigenvalue weighted by Gasteiger charge is 2.33. The summed E-state index contributed by atoms with van der Waals surface area (Å²) in [6, 6.07) is 7.80. The van der Waals surface area contributed by atoms with Crippen LogP contribution in [0.1, 0.15) is 6.92 Å². The van der Waals surface area contributed by atoms with Crippen molar-refractivity contribution in [3.05, 3.63) is 30.6 Å². The Morgan fingerprint density at radius 2 is 2.26 bits per heavy atom. The van der Waals surface area contributed by atoms with Crippen LogP contribution in [-0.4, -0.2) is 35.2 Å². The van der Waals surface area contributed by atoms with Crippen molar-refractivity contribution >= 4 is 16.9 Å². The maximum atomic E-state index is 11.9. The van der Waals surface area contributed by atoms with Crippen molar-refractivity contribution in [1.82, 2.24) is 14.9 Å². The number of aromatic nitrogens is 2. The molecule has 1 aromatic heterocycles. The summed E-state index contributed by atoms with van der Waals surface area (Å²) >= 11 is 0. The molecule has 0 bridgehead atoms. The Balaban J connectivity index is 1.63. The van der Waals surface area contributed by atoms with Crippen molar-refractivity contribution in [3.8, 4) is 0 Å². The van der Waals surface area contributed by atoms with E-state index in [9.17, 15) is 4.79 Å². The average Bonchev–Trinajstić information content (AvgIpc) is 2.78. The summed E-state index contributed by atoms with van der Waals surface area (Å²) in [7, 11) is 0. The second-order valence-electron chi connectivity index (χ2n) is 5.44. The van der Waals surface area contributed by atoms with E-state index in [0.717, 1.165) is 24.2 Å². The standard InChI is InChI=1S/C14H17N3O2/c1-14(8-19-9-14)7-15-13(18)6-17-10-16-11-4-2-3-5-12(11)17/h2-5,10H,6-9H2,1H3,(H,15,18). The molecule has 5 heteroatoms. The number of fused-ring (bicyclic) bond motifs is 1. The number of para-hydroxylation sites is 2. The van der Waals surface area contributed by atoms with E-state index < -0.39 is 0 Å². The number of rotatable bonds is 4. The van der Waals surface area contributed by atoms with Crippen LogP contribution in [0.3, 0.4) is 0 Å². The maximum absolute atomic E-state index is 11.9. The fourth-order valence-corrected chi connectivity index (χ4v) is 2.21. The van der Waals surface area contributed by atoms with Crippen LogP contribution in [0.2, 0.25) is 0 Å². The molecule has 100 valence electrons. The first-order valence-electron chi connectivity index (χ1n) is 6.41. The number of amides is 1. The van der Waals surface area contributed by atoms with E-state index in [1.54, 1.807) is 6.33 Å². The summed E-state index contributed by atoms with van der Waals surface area (Å²) in [4.78, 5) is 16.2. The summed E-state index contributed by atoms with van der Waals surface area (Å²) in [5.74, 6) is 0.0104. The summed E-state index contributed by atoms with van der Waals surface area (Å²) in [6.45, 7) is 4.53. The normalized spacial score (nSPS) is 17.1. The number of nitrogens with one attached hydrogen (secondary N) is 1. The molecule has 3 rings (SSSR count). The smallest absolute Gasteiger partial charge is 0.240 e. The van der Waals surface area contributed by atoms with Crippen molar-refractivity contribution in [3.63, 3.8) is 0 Å². The number of carbonyl (C=O) groups excluding carboxylic acids is 1. The molecule has 0 atom stereocenters. The highest BCUT2D eigenvalue weighted by molar-refractivity contribution is 5.80. The van der Waals surface area contributed by atoms with E-state index in [-0.39, 0.29) is 11.3 Å². The molecule has 1 aliphatic heterocycles. The SMILES string of the molecule is CC1(CNC(=O)Cn2cnc3ccccc32)COC1. The molecule has 1 saturated heterocycles. The number of carbonyl (C=O) groups is 1. The van der Waals surface area contributed by atoms with Crippen LogP contribution in [0, 0.1) is 5.41 Å². The van der Waals surface area contributed by atoms with E-state index in [2.05, 4.69) is 17.2 Å². The van der Waals surface area contributed by atoms with Gasteiger partial charge >= 0.3 is 0 Å². The van der Waals surface area contributed by atoms with E-state index in [1.165, 1.54) is 0 Å². The van der Waals surface area contributed by atoms with Crippen LogP contribution < -0.4 is 5.32 Å². The van der Waals surface area contributed by atoms with Crippen LogP contribution in [0.4, 0.5) is 0 Å². The van der Waals surface area contributed by atoms with Crippen LogP contribution in [0.25, 0.3) is 11.0 Å². The first-order valence-corrected chi connectivity index (χ1v) is 6.41. The van der Waals surface area contributed by atoms with Gasteiger partial charge in [0.05, 0.1) is 30.6 Å². The molecule has 19 heavy (non-hydrogen) atoms. The topological polar surface area (TPSA) is 56.2 Å². The lowest BCUT2D eigenvalue weighted by atomic mass is 9.89. The largest absolute Gasteiger partial charge is 0.380 e. The van der Waals surface area contributed by atoms with Gasteiger partial charge in [-0.1, -0.05) is 19.1 Å². The zero-order valence-corrected chi connectivity index (χ0v) is 10.9. The van der Waals surface area contributed by atoms with Gasteiger partial charge in [-0.05, 0) is 12.1 Å². The lowest BCUT2D eigenvalue weighted by molar-refractivity contribution is -0.127. The van der Waals surface area contributed by atoms with Gasteiger partial charge in [-0.2, -0.15) is 0 Å². The Kier molecular flexibility index (Phi) is 2.98. The summed E-state index contributed by atoms with van der Waals surface area (Å²) in [5.41, 5.74) is 2.00. The zero-order chi connectivity index (χ0) is 13.3. The molecular weight excluding hydrogens is 242 g/mol. The Labute approximate surface area is 111 Å². The molecule has 5 nitrogen and oxygen atoms in total. The third-order valence-corrected chi connectivity index (χ3v) is 3.45. The molecule has 1 aliphatic rings. The van der Waals surface area contributed by atoms with Gasteiger partial charge in [-0.15, -0.1) is 0 Å². The number of nitrogens with zero attached hydrogens (tertiary/aromatic N) is 2. The van der Waals surface area contributed by atoms with Gasteiger partial charge in [0.15, 0.2) is 0 Å². The average molecular weight is 259 g/mol. The molecule has 1 amide bonds.